The number of rotatable bonds is 13. The number of hydrogen-bond donors (Lipinski definition) is 3. The van der Waals surface area contributed by atoms with Crippen LogP contribution in [-0.4, -0.2) is 75.8 Å². The van der Waals surface area contributed by atoms with Gasteiger partial charge in [-0.3, -0.25) is 14.0 Å². The molecule has 270 valence electrons. The summed E-state index contributed by atoms with van der Waals surface area (Å²) < 4.78 is 12.4. The minimum absolute atomic E-state index is 0.0206. The fourth-order valence-electron chi connectivity index (χ4n) is 6.21. The van der Waals surface area contributed by atoms with Crippen LogP contribution < -0.4 is 20.9 Å². The molecule has 52 heavy (non-hydrogen) atoms. The molecule has 0 aliphatic carbocycles. The van der Waals surface area contributed by atoms with Gasteiger partial charge in [-0.1, -0.05) is 59.6 Å². The smallest absolute Gasteiger partial charge is 0.407 e. The Balaban J connectivity index is 1.27. The van der Waals surface area contributed by atoms with Crippen molar-refractivity contribution in [2.75, 3.05) is 27.3 Å². The van der Waals surface area contributed by atoms with Crippen LogP contribution in [0.5, 0.6) is 5.88 Å². The predicted molar refractivity (Wildman–Crippen MR) is 200 cm³/mol. The van der Waals surface area contributed by atoms with Gasteiger partial charge in [-0.15, -0.1) is 0 Å². The van der Waals surface area contributed by atoms with E-state index in [1.54, 1.807) is 31.6 Å². The average Bonchev–Trinajstić information content (AvgIpc) is 3.56. The monoisotopic (exact) mass is 744 g/mol. The van der Waals surface area contributed by atoms with E-state index >= 15 is 0 Å². The molecule has 0 spiro atoms. The van der Waals surface area contributed by atoms with Crippen molar-refractivity contribution in [3.8, 4) is 39.4 Å². The molecule has 2 aromatic carbocycles. The van der Waals surface area contributed by atoms with Crippen molar-refractivity contribution in [1.29, 1.82) is 0 Å². The van der Waals surface area contributed by atoms with E-state index in [4.69, 9.17) is 37.7 Å². The van der Waals surface area contributed by atoms with E-state index in [9.17, 15) is 19.5 Å². The molecule has 5 aromatic rings. The van der Waals surface area contributed by atoms with E-state index in [1.807, 2.05) is 55.5 Å². The molecule has 14 heteroatoms. The van der Waals surface area contributed by atoms with E-state index in [-0.39, 0.29) is 42.6 Å². The number of hydrogen-bond acceptors (Lipinski definition) is 8. The summed E-state index contributed by atoms with van der Waals surface area (Å²) in [5, 5.41) is 16.8. The Labute approximate surface area is 310 Å². The number of methoxy groups -OCH3 is 2. The molecule has 1 aliphatic heterocycles. The van der Waals surface area contributed by atoms with Crippen LogP contribution in [0.4, 0.5) is 4.79 Å². The van der Waals surface area contributed by atoms with Gasteiger partial charge in [0, 0.05) is 85.0 Å². The van der Waals surface area contributed by atoms with Crippen molar-refractivity contribution in [2.24, 2.45) is 0 Å². The highest BCUT2D eigenvalue weighted by molar-refractivity contribution is 6.39. The number of carbonyl (C=O) groups is 2. The predicted octanol–water partition coefficient (Wildman–Crippen LogP) is 6.29. The standard InChI is InChI=1S/C38H38Cl2N6O6/c1-22(51-2)17-41-18-25-19-42-32-16-23(14-15-46(32)37(25)48)27-6-4-7-28(34(27)39)29-8-5-9-30(35(29)40)31-12-10-24(36(44-31)52-3)20-45(38(49)50)21-26-11-13-33(47)43-26/h4-10,12,14-16,19,22,26,41H,11,13,17-18,20-21H2,1-3H3,(H,43,47)(H,49,50)/t22-,26-/m0/s1. The summed E-state index contributed by atoms with van der Waals surface area (Å²) in [5.41, 5.74) is 5.49. The van der Waals surface area contributed by atoms with Gasteiger partial charge < -0.3 is 30.1 Å². The SMILES string of the molecule is COc1nc(-c2cccc(-c3cccc(-c4ccn5c(=O)c(CNC[C@H](C)OC)cnc5c4)c3Cl)c2Cl)ccc1CN(C[C@@H]1CCC(=O)N1)C(=O)O. The number of fused-ring (bicyclic) bond motifs is 1. The second-order valence-corrected chi connectivity index (χ2v) is 13.3. The Kier molecular flexibility index (Phi) is 11.4. The Morgan fingerprint density at radius 1 is 1.04 bits per heavy atom. The molecule has 1 fully saturated rings. The number of nitrogens with zero attached hydrogens (tertiary/aromatic N) is 4. The first-order valence-corrected chi connectivity index (χ1v) is 17.5. The van der Waals surface area contributed by atoms with Gasteiger partial charge in [0.15, 0.2) is 0 Å². The number of benzene rings is 2. The van der Waals surface area contributed by atoms with Gasteiger partial charge in [0.05, 0.1) is 35.5 Å². The van der Waals surface area contributed by atoms with Crippen molar-refractivity contribution < 1.29 is 24.2 Å². The number of amides is 2. The van der Waals surface area contributed by atoms with Crippen LogP contribution in [0.25, 0.3) is 39.2 Å². The Morgan fingerprint density at radius 3 is 2.42 bits per heavy atom. The fraction of sp³-hybridized carbons (Fsp3) is 0.289. The minimum atomic E-state index is -1.11. The molecule has 0 bridgehead atoms. The van der Waals surface area contributed by atoms with E-state index < -0.39 is 6.09 Å². The summed E-state index contributed by atoms with van der Waals surface area (Å²) in [5.74, 6) is 0.176. The second kappa shape index (κ2) is 16.1. The normalized spacial score (nSPS) is 14.7. The van der Waals surface area contributed by atoms with E-state index in [1.165, 1.54) is 16.4 Å². The van der Waals surface area contributed by atoms with Crippen LogP contribution in [-0.2, 0) is 22.6 Å². The summed E-state index contributed by atoms with van der Waals surface area (Å²) in [6.45, 7) is 3.10. The van der Waals surface area contributed by atoms with E-state index in [2.05, 4.69) is 15.6 Å². The second-order valence-electron chi connectivity index (χ2n) is 12.6. The van der Waals surface area contributed by atoms with E-state index in [0.29, 0.717) is 75.1 Å². The number of halogens is 2. The van der Waals surface area contributed by atoms with Gasteiger partial charge in [-0.25, -0.2) is 14.8 Å². The first-order valence-electron chi connectivity index (χ1n) is 16.7. The fourth-order valence-corrected chi connectivity index (χ4v) is 6.87. The Morgan fingerprint density at radius 2 is 1.75 bits per heavy atom. The van der Waals surface area contributed by atoms with Crippen LogP contribution in [0.3, 0.4) is 0 Å². The number of carboxylic acid groups (broad SMARTS) is 1. The molecule has 2 atom stereocenters. The molecule has 0 radical (unpaired) electrons. The highest BCUT2D eigenvalue weighted by Crippen LogP contribution is 2.42. The van der Waals surface area contributed by atoms with Crippen LogP contribution in [0.2, 0.25) is 10.0 Å². The van der Waals surface area contributed by atoms with Crippen LogP contribution in [0.1, 0.15) is 30.9 Å². The van der Waals surface area contributed by atoms with Gasteiger partial charge in [-0.2, -0.15) is 0 Å². The van der Waals surface area contributed by atoms with Gasteiger partial charge >= 0.3 is 6.09 Å². The maximum Gasteiger partial charge on any atom is 0.407 e. The molecule has 0 unspecified atom stereocenters. The number of ether oxygens (including phenoxy) is 2. The summed E-state index contributed by atoms with van der Waals surface area (Å²) in [7, 11) is 3.12. The minimum Gasteiger partial charge on any atom is -0.481 e. The van der Waals surface area contributed by atoms with Gasteiger partial charge in [0.1, 0.15) is 5.65 Å². The molecule has 3 aromatic heterocycles. The maximum absolute atomic E-state index is 13.2. The number of nitrogens with one attached hydrogen (secondary N) is 2. The Bertz CT molecular complexity index is 2190. The summed E-state index contributed by atoms with van der Waals surface area (Å²) >= 11 is 14.2. The third-order valence-corrected chi connectivity index (χ3v) is 9.91. The molecule has 4 heterocycles. The van der Waals surface area contributed by atoms with Crippen molar-refractivity contribution in [3.63, 3.8) is 0 Å². The largest absolute Gasteiger partial charge is 0.481 e. The molecule has 1 aliphatic rings. The molecule has 0 saturated carbocycles. The summed E-state index contributed by atoms with van der Waals surface area (Å²) in [6.07, 6.45) is 3.15. The highest BCUT2D eigenvalue weighted by Gasteiger charge is 2.26. The molecule has 6 rings (SSSR count). The van der Waals surface area contributed by atoms with Crippen LogP contribution in [0.15, 0.2) is 77.9 Å². The van der Waals surface area contributed by atoms with Gasteiger partial charge in [-0.05, 0) is 43.2 Å². The van der Waals surface area contributed by atoms with E-state index in [0.717, 1.165) is 11.1 Å². The topological polar surface area (TPSA) is 147 Å². The van der Waals surface area contributed by atoms with Crippen molar-refractivity contribution in [1.82, 2.24) is 29.9 Å². The lowest BCUT2D eigenvalue weighted by molar-refractivity contribution is -0.119. The zero-order valence-corrected chi connectivity index (χ0v) is 30.4. The first-order chi connectivity index (χ1) is 25.1. The van der Waals surface area contributed by atoms with Crippen molar-refractivity contribution in [3.05, 3.63) is 105 Å². The molecule has 3 N–H and O–H groups in total. The van der Waals surface area contributed by atoms with Crippen molar-refractivity contribution in [2.45, 2.75) is 45.0 Å². The molecule has 12 nitrogen and oxygen atoms in total. The third-order valence-electron chi connectivity index (χ3n) is 9.09. The molecular formula is C38H38Cl2N6O6. The highest BCUT2D eigenvalue weighted by atomic mass is 35.5. The van der Waals surface area contributed by atoms with Gasteiger partial charge in [0.25, 0.3) is 5.56 Å². The zero-order chi connectivity index (χ0) is 36.9. The third kappa shape index (κ3) is 7.90. The zero-order valence-electron chi connectivity index (χ0n) is 28.9. The molecular weight excluding hydrogens is 707 g/mol. The number of carbonyl (C=O) groups excluding carboxylic acids is 1. The summed E-state index contributed by atoms with van der Waals surface area (Å²) in [4.78, 5) is 47.4. The summed E-state index contributed by atoms with van der Waals surface area (Å²) in [6, 6.07) is 18.2. The first kappa shape index (κ1) is 36.8. The number of pyridine rings is 2. The lowest BCUT2D eigenvalue weighted by Gasteiger charge is -2.23. The molecule has 1 saturated heterocycles. The maximum atomic E-state index is 13.2. The lowest BCUT2D eigenvalue weighted by atomic mass is 9.97. The molecule has 2 amide bonds. The van der Waals surface area contributed by atoms with Gasteiger partial charge in [0.2, 0.25) is 11.8 Å². The Hall–Kier alpha value is -5.01. The van der Waals surface area contributed by atoms with Crippen LogP contribution >= 0.6 is 23.2 Å². The number of aromatic nitrogens is 3. The average molecular weight is 746 g/mol. The van der Waals surface area contributed by atoms with Crippen LogP contribution in [0, 0.1) is 0 Å². The lowest BCUT2D eigenvalue weighted by Crippen LogP contribution is -2.41. The van der Waals surface area contributed by atoms with Crippen molar-refractivity contribution >= 4 is 40.8 Å². The quantitative estimate of drug-likeness (QED) is 0.127.